The Morgan fingerprint density at radius 1 is 0.818 bits per heavy atom. The van der Waals surface area contributed by atoms with E-state index >= 15 is 0 Å². The normalized spacial score (nSPS) is 25.1. The molecule has 0 radical (unpaired) electrons. The minimum Gasteiger partial charge on any atom is -0.493 e. The Morgan fingerprint density at radius 2 is 1.42 bits per heavy atom. The summed E-state index contributed by atoms with van der Waals surface area (Å²) in [7, 11) is -0.327. The predicted octanol–water partition coefficient (Wildman–Crippen LogP) is 9.05. The minimum atomic E-state index is -0.327. The van der Waals surface area contributed by atoms with Gasteiger partial charge in [-0.3, -0.25) is 0 Å². The van der Waals surface area contributed by atoms with E-state index in [1.165, 1.54) is 75.3 Å². The average molecular weight is 469 g/mol. The monoisotopic (exact) mass is 468 g/mol. The molecule has 0 aliphatic heterocycles. The first-order valence-corrected chi connectivity index (χ1v) is 15.3. The molecule has 0 spiro atoms. The van der Waals surface area contributed by atoms with Gasteiger partial charge in [0.1, 0.15) is 11.1 Å². The zero-order valence-electron chi connectivity index (χ0n) is 21.1. The third-order valence-electron chi connectivity index (χ3n) is 7.72. The van der Waals surface area contributed by atoms with E-state index in [0.29, 0.717) is 0 Å². The largest absolute Gasteiger partial charge is 0.493 e. The fourth-order valence-corrected chi connectivity index (χ4v) is 11.0. The maximum atomic E-state index is 7.21. The van der Waals surface area contributed by atoms with Crippen LogP contribution in [0.25, 0.3) is 5.57 Å². The molecule has 182 valence electrons. The smallest absolute Gasteiger partial charge is 0.126 e. The van der Waals surface area contributed by atoms with E-state index in [2.05, 4.69) is 56.3 Å². The highest BCUT2D eigenvalue weighted by Crippen LogP contribution is 2.70. The van der Waals surface area contributed by atoms with Crippen molar-refractivity contribution in [1.29, 1.82) is 0 Å². The summed E-state index contributed by atoms with van der Waals surface area (Å²) in [6.07, 6.45) is 21.8. The molecule has 0 aromatic heterocycles. The standard InChI is InChI=1S/C30H45O2P/c1-3-23-31-28-21-14-22-30(32-24-4-2,29(28)25-15-8-5-9-16-25)33(26-17-10-6-11-18-26)27-19-12-7-13-20-27/h5,8-9,14-16,21,26-27H,3-4,6-7,10-13,17-20,22-24H2,1-2H3. The molecule has 1 unspecified atom stereocenters. The number of hydrogen-bond donors (Lipinski definition) is 0. The lowest BCUT2D eigenvalue weighted by atomic mass is 9.92. The summed E-state index contributed by atoms with van der Waals surface area (Å²) >= 11 is 0. The Balaban J connectivity index is 1.86. The van der Waals surface area contributed by atoms with Crippen molar-refractivity contribution in [2.75, 3.05) is 13.2 Å². The number of allylic oxidation sites excluding steroid dienone is 1. The van der Waals surface area contributed by atoms with E-state index in [1.54, 1.807) is 0 Å². The summed E-state index contributed by atoms with van der Waals surface area (Å²) in [5, 5.41) is -0.214. The Hall–Kier alpha value is -1.11. The van der Waals surface area contributed by atoms with Gasteiger partial charge in [-0.25, -0.2) is 0 Å². The molecular formula is C30H45O2P. The quantitative estimate of drug-likeness (QED) is 0.319. The second-order valence-electron chi connectivity index (χ2n) is 10.2. The van der Waals surface area contributed by atoms with E-state index in [-0.39, 0.29) is 13.3 Å². The topological polar surface area (TPSA) is 18.5 Å². The lowest BCUT2D eigenvalue weighted by Crippen LogP contribution is -2.42. The first kappa shape index (κ1) is 25.0. The van der Waals surface area contributed by atoms with E-state index in [1.807, 2.05) is 0 Å². The molecule has 0 saturated heterocycles. The maximum Gasteiger partial charge on any atom is 0.126 e. The Morgan fingerprint density at radius 3 is 2.00 bits per heavy atom. The molecule has 0 bridgehead atoms. The van der Waals surface area contributed by atoms with Gasteiger partial charge in [-0.2, -0.15) is 0 Å². The summed E-state index contributed by atoms with van der Waals surface area (Å²) in [5.74, 6) is 1.07. The van der Waals surface area contributed by atoms with Gasteiger partial charge in [0.05, 0.1) is 6.61 Å². The molecule has 2 saturated carbocycles. The highest BCUT2D eigenvalue weighted by molar-refractivity contribution is 7.61. The van der Waals surface area contributed by atoms with Gasteiger partial charge in [0.25, 0.3) is 0 Å². The zero-order valence-corrected chi connectivity index (χ0v) is 22.0. The van der Waals surface area contributed by atoms with Crippen molar-refractivity contribution in [3.05, 3.63) is 53.8 Å². The van der Waals surface area contributed by atoms with Crippen molar-refractivity contribution in [2.45, 2.75) is 114 Å². The van der Waals surface area contributed by atoms with E-state index in [9.17, 15) is 0 Å². The van der Waals surface area contributed by atoms with Crippen LogP contribution in [0.2, 0.25) is 0 Å². The van der Waals surface area contributed by atoms with Crippen molar-refractivity contribution in [1.82, 2.24) is 0 Å². The molecule has 0 amide bonds. The van der Waals surface area contributed by atoms with Crippen LogP contribution in [0.1, 0.15) is 103 Å². The molecule has 1 atom stereocenters. The van der Waals surface area contributed by atoms with Crippen LogP contribution in [0.15, 0.2) is 48.2 Å². The van der Waals surface area contributed by atoms with Crippen molar-refractivity contribution in [3.8, 4) is 0 Å². The zero-order chi connectivity index (χ0) is 22.9. The van der Waals surface area contributed by atoms with Crippen molar-refractivity contribution in [2.24, 2.45) is 0 Å². The summed E-state index contributed by atoms with van der Waals surface area (Å²) < 4.78 is 13.7. The van der Waals surface area contributed by atoms with Crippen LogP contribution in [0, 0.1) is 0 Å². The molecule has 3 heteroatoms. The van der Waals surface area contributed by atoms with Crippen LogP contribution in [0.4, 0.5) is 0 Å². The van der Waals surface area contributed by atoms with Gasteiger partial charge >= 0.3 is 0 Å². The first-order valence-electron chi connectivity index (χ1n) is 13.8. The van der Waals surface area contributed by atoms with Crippen molar-refractivity contribution in [3.63, 3.8) is 0 Å². The molecule has 1 aromatic rings. The van der Waals surface area contributed by atoms with Gasteiger partial charge in [0.15, 0.2) is 0 Å². The van der Waals surface area contributed by atoms with Crippen LogP contribution in [0.3, 0.4) is 0 Å². The third-order valence-corrected chi connectivity index (χ3v) is 11.7. The lowest BCUT2D eigenvalue weighted by molar-refractivity contribution is 0.0577. The number of benzene rings is 1. The molecular weight excluding hydrogens is 423 g/mol. The SMILES string of the molecule is CCCOC1=C(c2ccccc2)C(OCCC)(P(C2CCCCC2)C2CCCCC2)CC=C1. The van der Waals surface area contributed by atoms with Gasteiger partial charge < -0.3 is 9.47 Å². The number of rotatable bonds is 10. The van der Waals surface area contributed by atoms with Gasteiger partial charge in [-0.15, -0.1) is 0 Å². The first-order chi connectivity index (χ1) is 16.3. The van der Waals surface area contributed by atoms with Crippen LogP contribution < -0.4 is 0 Å². The fourth-order valence-electron chi connectivity index (χ4n) is 6.33. The second-order valence-corrected chi connectivity index (χ2v) is 13.2. The van der Waals surface area contributed by atoms with Gasteiger partial charge in [0.2, 0.25) is 0 Å². The van der Waals surface area contributed by atoms with Crippen LogP contribution in [-0.4, -0.2) is 29.9 Å². The van der Waals surface area contributed by atoms with E-state index in [4.69, 9.17) is 9.47 Å². The van der Waals surface area contributed by atoms with E-state index < -0.39 is 0 Å². The summed E-state index contributed by atoms with van der Waals surface area (Å²) in [6, 6.07) is 11.1. The number of ether oxygens (including phenoxy) is 2. The molecule has 4 rings (SSSR count). The van der Waals surface area contributed by atoms with Crippen molar-refractivity contribution >= 4 is 13.5 Å². The van der Waals surface area contributed by atoms with Gasteiger partial charge in [-0.05, 0) is 61.5 Å². The Labute approximate surface area is 204 Å². The summed E-state index contributed by atoms with van der Waals surface area (Å²) in [4.78, 5) is 0. The van der Waals surface area contributed by atoms with Crippen LogP contribution >= 0.6 is 7.92 Å². The lowest BCUT2D eigenvalue weighted by Gasteiger charge is -2.52. The molecule has 0 N–H and O–H groups in total. The predicted molar refractivity (Wildman–Crippen MR) is 143 cm³/mol. The second kappa shape index (κ2) is 12.6. The summed E-state index contributed by atoms with van der Waals surface area (Å²) in [5.41, 5.74) is 4.33. The molecule has 1 aromatic carbocycles. The Bertz CT molecular complexity index is 756. The molecule has 0 heterocycles. The number of hydrogen-bond acceptors (Lipinski definition) is 2. The van der Waals surface area contributed by atoms with E-state index in [0.717, 1.165) is 49.6 Å². The highest BCUT2D eigenvalue weighted by Gasteiger charge is 2.51. The minimum absolute atomic E-state index is 0.214. The fraction of sp³-hybridized carbons (Fsp3) is 0.667. The molecule has 2 fully saturated rings. The van der Waals surface area contributed by atoms with Gasteiger partial charge in [0, 0.05) is 18.6 Å². The summed E-state index contributed by atoms with van der Waals surface area (Å²) in [6.45, 7) is 6.07. The average Bonchev–Trinajstić information content (AvgIpc) is 2.88. The molecule has 3 aliphatic carbocycles. The molecule has 33 heavy (non-hydrogen) atoms. The molecule has 2 nitrogen and oxygen atoms in total. The third kappa shape index (κ3) is 5.76. The molecule has 3 aliphatic rings. The maximum absolute atomic E-state index is 7.21. The van der Waals surface area contributed by atoms with Gasteiger partial charge in [-0.1, -0.05) is 96.7 Å². The van der Waals surface area contributed by atoms with Crippen LogP contribution in [0.5, 0.6) is 0 Å². The van der Waals surface area contributed by atoms with Crippen molar-refractivity contribution < 1.29 is 9.47 Å². The Kier molecular flexibility index (Phi) is 9.51. The van der Waals surface area contributed by atoms with Crippen LogP contribution in [-0.2, 0) is 9.47 Å². The highest BCUT2D eigenvalue weighted by atomic mass is 31.1.